The molecule has 2 aromatic heterocycles. The van der Waals surface area contributed by atoms with Crippen LogP contribution in [-0.4, -0.2) is 14.8 Å². The summed E-state index contributed by atoms with van der Waals surface area (Å²) in [5.74, 6) is 0. The van der Waals surface area contributed by atoms with Crippen LogP contribution in [0.4, 0.5) is 0 Å². The van der Waals surface area contributed by atoms with E-state index in [9.17, 15) is 0 Å². The maximum Gasteiger partial charge on any atom is 0.141 e. The second-order valence-corrected chi connectivity index (χ2v) is 4.69. The standard InChI is InChI=1S/C13H13ClN4/c1-7-5-10(14)9(3)16-12(7)13-8(2)11(6-15)18(4)17-13/h5H,1-4H3. The summed E-state index contributed by atoms with van der Waals surface area (Å²) in [4.78, 5) is 4.47. The molecule has 0 spiro atoms. The van der Waals surface area contributed by atoms with Crippen LogP contribution in [0.1, 0.15) is 22.5 Å². The number of hydrogen-bond donors (Lipinski definition) is 0. The van der Waals surface area contributed by atoms with Gasteiger partial charge >= 0.3 is 0 Å². The molecule has 2 rings (SSSR count). The van der Waals surface area contributed by atoms with Gasteiger partial charge in [-0.05, 0) is 32.4 Å². The Labute approximate surface area is 111 Å². The molecule has 0 fully saturated rings. The van der Waals surface area contributed by atoms with Gasteiger partial charge in [-0.15, -0.1) is 0 Å². The lowest BCUT2D eigenvalue weighted by atomic mass is 10.1. The average Bonchev–Trinajstić information content (AvgIpc) is 2.59. The van der Waals surface area contributed by atoms with Crippen LogP contribution >= 0.6 is 11.6 Å². The van der Waals surface area contributed by atoms with E-state index in [4.69, 9.17) is 16.9 Å². The van der Waals surface area contributed by atoms with Crippen LogP contribution in [0.25, 0.3) is 11.4 Å². The van der Waals surface area contributed by atoms with Gasteiger partial charge in [-0.3, -0.25) is 4.68 Å². The lowest BCUT2D eigenvalue weighted by Gasteiger charge is -2.06. The molecule has 18 heavy (non-hydrogen) atoms. The number of nitrogens with zero attached hydrogens (tertiary/aromatic N) is 4. The van der Waals surface area contributed by atoms with Gasteiger partial charge in [-0.1, -0.05) is 11.6 Å². The second-order valence-electron chi connectivity index (χ2n) is 4.28. The molecule has 0 aliphatic rings. The number of nitriles is 1. The lowest BCUT2D eigenvalue weighted by Crippen LogP contribution is -1.96. The van der Waals surface area contributed by atoms with Gasteiger partial charge < -0.3 is 0 Å². The summed E-state index contributed by atoms with van der Waals surface area (Å²) in [6.07, 6.45) is 0. The summed E-state index contributed by atoms with van der Waals surface area (Å²) in [5, 5.41) is 14.1. The van der Waals surface area contributed by atoms with Gasteiger partial charge in [-0.25, -0.2) is 4.98 Å². The highest BCUT2D eigenvalue weighted by Gasteiger charge is 2.17. The van der Waals surface area contributed by atoms with Crippen molar-refractivity contribution < 1.29 is 0 Å². The Morgan fingerprint density at radius 1 is 1.28 bits per heavy atom. The Hall–Kier alpha value is -1.86. The molecule has 5 heteroatoms. The Balaban J connectivity index is 2.71. The first-order valence-corrected chi connectivity index (χ1v) is 5.91. The molecular formula is C13H13ClN4. The third kappa shape index (κ3) is 1.87. The van der Waals surface area contributed by atoms with Crippen molar-refractivity contribution in [3.63, 3.8) is 0 Å². The molecular weight excluding hydrogens is 248 g/mol. The Kier molecular flexibility index (Phi) is 3.10. The van der Waals surface area contributed by atoms with Gasteiger partial charge in [-0.2, -0.15) is 10.4 Å². The molecule has 0 atom stereocenters. The van der Waals surface area contributed by atoms with Crippen LogP contribution in [0.15, 0.2) is 6.07 Å². The maximum absolute atomic E-state index is 9.08. The number of pyridine rings is 1. The molecule has 0 N–H and O–H groups in total. The van der Waals surface area contributed by atoms with E-state index in [1.807, 2.05) is 26.8 Å². The van der Waals surface area contributed by atoms with Crippen molar-refractivity contribution in [1.82, 2.24) is 14.8 Å². The van der Waals surface area contributed by atoms with Crippen LogP contribution in [0.5, 0.6) is 0 Å². The Morgan fingerprint density at radius 2 is 1.94 bits per heavy atom. The van der Waals surface area contributed by atoms with Crippen LogP contribution in [0.2, 0.25) is 5.02 Å². The minimum Gasteiger partial charge on any atom is -0.257 e. The molecule has 2 heterocycles. The molecule has 92 valence electrons. The number of rotatable bonds is 1. The highest BCUT2D eigenvalue weighted by Crippen LogP contribution is 2.28. The first-order chi connectivity index (χ1) is 8.45. The van der Waals surface area contributed by atoms with Crippen LogP contribution in [0, 0.1) is 32.1 Å². The van der Waals surface area contributed by atoms with E-state index in [1.165, 1.54) is 0 Å². The second kappa shape index (κ2) is 4.43. The molecule has 0 aromatic carbocycles. The van der Waals surface area contributed by atoms with Crippen molar-refractivity contribution in [1.29, 1.82) is 5.26 Å². The monoisotopic (exact) mass is 260 g/mol. The molecule has 0 unspecified atom stereocenters. The average molecular weight is 261 g/mol. The molecule has 0 aliphatic heterocycles. The predicted molar refractivity (Wildman–Crippen MR) is 70.4 cm³/mol. The van der Waals surface area contributed by atoms with E-state index < -0.39 is 0 Å². The third-order valence-corrected chi connectivity index (χ3v) is 3.34. The van der Waals surface area contributed by atoms with Crippen molar-refractivity contribution in [2.24, 2.45) is 7.05 Å². The smallest absolute Gasteiger partial charge is 0.141 e. The zero-order chi connectivity index (χ0) is 13.4. The molecule has 0 saturated heterocycles. The largest absolute Gasteiger partial charge is 0.257 e. The highest BCUT2D eigenvalue weighted by atomic mass is 35.5. The Bertz CT molecular complexity index is 665. The van der Waals surface area contributed by atoms with E-state index in [0.29, 0.717) is 10.7 Å². The molecule has 0 radical (unpaired) electrons. The zero-order valence-corrected chi connectivity index (χ0v) is 11.5. The summed E-state index contributed by atoms with van der Waals surface area (Å²) in [6.45, 7) is 5.68. The summed E-state index contributed by atoms with van der Waals surface area (Å²) < 4.78 is 1.58. The van der Waals surface area contributed by atoms with Crippen LogP contribution < -0.4 is 0 Å². The fourth-order valence-electron chi connectivity index (χ4n) is 1.92. The van der Waals surface area contributed by atoms with Crippen molar-refractivity contribution in [3.8, 4) is 17.5 Å². The lowest BCUT2D eigenvalue weighted by molar-refractivity contribution is 0.757. The van der Waals surface area contributed by atoms with Crippen molar-refractivity contribution >= 4 is 11.6 Å². The molecule has 0 amide bonds. The fourth-order valence-corrected chi connectivity index (χ4v) is 2.13. The first-order valence-electron chi connectivity index (χ1n) is 5.53. The summed E-state index contributed by atoms with van der Waals surface area (Å²) in [5.41, 5.74) is 4.64. The van der Waals surface area contributed by atoms with Gasteiger partial charge in [0.2, 0.25) is 0 Å². The maximum atomic E-state index is 9.08. The van der Waals surface area contributed by atoms with E-state index in [2.05, 4.69) is 16.2 Å². The molecule has 0 aliphatic carbocycles. The van der Waals surface area contributed by atoms with Gasteiger partial charge in [0.15, 0.2) is 0 Å². The van der Waals surface area contributed by atoms with Gasteiger partial charge in [0.25, 0.3) is 0 Å². The predicted octanol–water partition coefficient (Wildman–Crippen LogP) is 2.93. The number of aryl methyl sites for hydroxylation is 3. The number of hydrogen-bond acceptors (Lipinski definition) is 3. The highest BCUT2D eigenvalue weighted by molar-refractivity contribution is 6.31. The van der Waals surface area contributed by atoms with Gasteiger partial charge in [0, 0.05) is 12.6 Å². The SMILES string of the molecule is Cc1cc(Cl)c(C)nc1-c1nn(C)c(C#N)c1C. The van der Waals surface area contributed by atoms with E-state index in [0.717, 1.165) is 28.2 Å². The van der Waals surface area contributed by atoms with E-state index in [1.54, 1.807) is 11.7 Å². The number of halogens is 1. The van der Waals surface area contributed by atoms with Gasteiger partial charge in [0.1, 0.15) is 17.5 Å². The minimum absolute atomic E-state index is 0.554. The summed E-state index contributed by atoms with van der Waals surface area (Å²) in [7, 11) is 1.76. The topological polar surface area (TPSA) is 54.5 Å². The third-order valence-electron chi connectivity index (χ3n) is 2.96. The first kappa shape index (κ1) is 12.6. The molecule has 0 bridgehead atoms. The number of aromatic nitrogens is 3. The van der Waals surface area contributed by atoms with Crippen molar-refractivity contribution in [2.45, 2.75) is 20.8 Å². The Morgan fingerprint density at radius 3 is 2.50 bits per heavy atom. The normalized spacial score (nSPS) is 10.4. The summed E-state index contributed by atoms with van der Waals surface area (Å²) >= 11 is 6.04. The fraction of sp³-hybridized carbons (Fsp3) is 0.308. The zero-order valence-electron chi connectivity index (χ0n) is 10.7. The van der Waals surface area contributed by atoms with Crippen LogP contribution in [0.3, 0.4) is 0 Å². The van der Waals surface area contributed by atoms with E-state index in [-0.39, 0.29) is 0 Å². The quantitative estimate of drug-likeness (QED) is 0.792. The van der Waals surface area contributed by atoms with Crippen molar-refractivity contribution in [2.75, 3.05) is 0 Å². The molecule has 2 aromatic rings. The van der Waals surface area contributed by atoms with E-state index >= 15 is 0 Å². The molecule has 4 nitrogen and oxygen atoms in total. The van der Waals surface area contributed by atoms with Crippen molar-refractivity contribution in [3.05, 3.63) is 33.6 Å². The minimum atomic E-state index is 0.554. The van der Waals surface area contributed by atoms with Crippen LogP contribution in [-0.2, 0) is 7.05 Å². The van der Waals surface area contributed by atoms with Gasteiger partial charge in [0.05, 0.1) is 16.4 Å². The summed E-state index contributed by atoms with van der Waals surface area (Å²) in [6, 6.07) is 4.02. The molecule has 0 saturated carbocycles.